The van der Waals surface area contributed by atoms with Crippen molar-refractivity contribution >= 4 is 11.9 Å². The molecule has 2 aromatic carbocycles. The molecule has 0 aliphatic rings. The van der Waals surface area contributed by atoms with Crippen LogP contribution in [0.15, 0.2) is 60.7 Å². The van der Waals surface area contributed by atoms with Gasteiger partial charge in [0.1, 0.15) is 5.82 Å². The van der Waals surface area contributed by atoms with E-state index in [0.29, 0.717) is 25.0 Å². The number of nitrogens with zero attached hydrogens (tertiary/aromatic N) is 3. The predicted molar refractivity (Wildman–Crippen MR) is 101 cm³/mol. The summed E-state index contributed by atoms with van der Waals surface area (Å²) in [7, 11) is 0. The lowest BCUT2D eigenvalue weighted by molar-refractivity contribution is 0.760. The van der Waals surface area contributed by atoms with Crippen LogP contribution in [-0.4, -0.2) is 15.0 Å². The van der Waals surface area contributed by atoms with Gasteiger partial charge in [-0.3, -0.25) is 0 Å². The van der Waals surface area contributed by atoms with E-state index in [0.717, 1.165) is 5.82 Å². The number of hydrogen-bond acceptors (Lipinski definition) is 5. The van der Waals surface area contributed by atoms with Crippen LogP contribution in [0.3, 0.4) is 0 Å². The molecule has 5 heteroatoms. The molecule has 0 unspecified atom stereocenters. The van der Waals surface area contributed by atoms with Crippen molar-refractivity contribution < 1.29 is 0 Å². The van der Waals surface area contributed by atoms with Crippen LogP contribution in [0.1, 0.15) is 36.7 Å². The molecule has 1 heterocycles. The summed E-state index contributed by atoms with van der Waals surface area (Å²) in [4.78, 5) is 13.6. The number of nitrogens with one attached hydrogen (secondary N) is 2. The lowest BCUT2D eigenvalue weighted by Gasteiger charge is -2.12. The summed E-state index contributed by atoms with van der Waals surface area (Å²) < 4.78 is 0. The fraction of sp³-hybridized carbons (Fsp3) is 0.250. The van der Waals surface area contributed by atoms with E-state index in [1.54, 1.807) is 0 Å². The van der Waals surface area contributed by atoms with Gasteiger partial charge >= 0.3 is 0 Å². The van der Waals surface area contributed by atoms with Gasteiger partial charge in [0.15, 0.2) is 0 Å². The van der Waals surface area contributed by atoms with E-state index < -0.39 is 0 Å². The Bertz CT molecular complexity index is 726. The molecule has 0 spiro atoms. The first-order chi connectivity index (χ1) is 12.2. The maximum atomic E-state index is 4.53. The van der Waals surface area contributed by atoms with Crippen molar-refractivity contribution in [2.24, 2.45) is 0 Å². The van der Waals surface area contributed by atoms with Gasteiger partial charge in [-0.15, -0.1) is 0 Å². The zero-order valence-electron chi connectivity index (χ0n) is 14.6. The van der Waals surface area contributed by atoms with Gasteiger partial charge in [0.05, 0.1) is 0 Å². The van der Waals surface area contributed by atoms with Crippen LogP contribution in [-0.2, 0) is 13.1 Å². The van der Waals surface area contributed by atoms with Gasteiger partial charge in [-0.2, -0.15) is 15.0 Å². The molecule has 2 N–H and O–H groups in total. The first kappa shape index (κ1) is 16.9. The van der Waals surface area contributed by atoms with Crippen molar-refractivity contribution in [1.82, 2.24) is 15.0 Å². The first-order valence-corrected chi connectivity index (χ1v) is 8.52. The van der Waals surface area contributed by atoms with E-state index in [4.69, 9.17) is 0 Å². The molecule has 0 atom stereocenters. The maximum absolute atomic E-state index is 4.53. The lowest BCUT2D eigenvalue weighted by Crippen LogP contribution is -2.12. The molecule has 0 aliphatic carbocycles. The summed E-state index contributed by atoms with van der Waals surface area (Å²) in [5.41, 5.74) is 2.38. The number of hydrogen-bond donors (Lipinski definition) is 2. The van der Waals surface area contributed by atoms with Crippen molar-refractivity contribution in [3.05, 3.63) is 77.6 Å². The van der Waals surface area contributed by atoms with Crippen molar-refractivity contribution in [2.45, 2.75) is 32.9 Å². The van der Waals surface area contributed by atoms with Crippen LogP contribution < -0.4 is 10.6 Å². The average Bonchev–Trinajstić information content (AvgIpc) is 2.66. The fourth-order valence-corrected chi connectivity index (χ4v) is 2.36. The van der Waals surface area contributed by atoms with E-state index >= 15 is 0 Å². The van der Waals surface area contributed by atoms with Gasteiger partial charge in [0.2, 0.25) is 11.9 Å². The van der Waals surface area contributed by atoms with Crippen LogP contribution in [0.4, 0.5) is 11.9 Å². The van der Waals surface area contributed by atoms with E-state index in [1.165, 1.54) is 11.1 Å². The van der Waals surface area contributed by atoms with Crippen molar-refractivity contribution in [3.63, 3.8) is 0 Å². The standard InChI is InChI=1S/C20H23N5/c1-15(2)18-23-19(21-13-16-9-5-3-6-10-16)25-20(24-18)22-14-17-11-7-4-8-12-17/h3-12,15H,13-14H2,1-2H3,(H2,21,22,23,24,25). The van der Waals surface area contributed by atoms with Crippen LogP contribution in [0.25, 0.3) is 0 Å². The summed E-state index contributed by atoms with van der Waals surface area (Å²) in [5, 5.41) is 6.59. The molecular weight excluding hydrogens is 310 g/mol. The van der Waals surface area contributed by atoms with Gasteiger partial charge in [-0.25, -0.2) is 0 Å². The molecule has 0 aliphatic heterocycles. The Kier molecular flexibility index (Phi) is 5.57. The van der Waals surface area contributed by atoms with Crippen LogP contribution in [0, 0.1) is 0 Å². The molecule has 0 bridgehead atoms. The number of anilines is 2. The highest BCUT2D eigenvalue weighted by molar-refractivity contribution is 5.36. The van der Waals surface area contributed by atoms with E-state index in [9.17, 15) is 0 Å². The quantitative estimate of drug-likeness (QED) is 0.678. The third-order valence-corrected chi connectivity index (χ3v) is 3.76. The second kappa shape index (κ2) is 8.24. The Morgan fingerprint density at radius 3 is 1.52 bits per heavy atom. The Hall–Kier alpha value is -2.95. The van der Waals surface area contributed by atoms with Gasteiger partial charge < -0.3 is 10.6 Å². The second-order valence-corrected chi connectivity index (χ2v) is 6.17. The summed E-state index contributed by atoms with van der Waals surface area (Å²) in [5.74, 6) is 2.20. The van der Waals surface area contributed by atoms with Gasteiger partial charge in [-0.05, 0) is 11.1 Å². The Morgan fingerprint density at radius 2 is 1.12 bits per heavy atom. The van der Waals surface area contributed by atoms with E-state index in [1.807, 2.05) is 36.4 Å². The number of aromatic nitrogens is 3. The number of rotatable bonds is 7. The third kappa shape index (κ3) is 5.01. The zero-order chi connectivity index (χ0) is 17.5. The SMILES string of the molecule is CC(C)c1nc(NCc2ccccc2)nc(NCc2ccccc2)n1. The molecule has 25 heavy (non-hydrogen) atoms. The normalized spacial score (nSPS) is 10.7. The average molecular weight is 333 g/mol. The van der Waals surface area contributed by atoms with Crippen molar-refractivity contribution in [1.29, 1.82) is 0 Å². The fourth-order valence-electron chi connectivity index (χ4n) is 2.36. The molecule has 128 valence electrons. The van der Waals surface area contributed by atoms with Crippen LogP contribution in [0.5, 0.6) is 0 Å². The Balaban J connectivity index is 1.72. The molecule has 5 nitrogen and oxygen atoms in total. The lowest BCUT2D eigenvalue weighted by atomic mass is 10.2. The zero-order valence-corrected chi connectivity index (χ0v) is 14.6. The van der Waals surface area contributed by atoms with Gasteiger partial charge in [-0.1, -0.05) is 74.5 Å². The molecule has 0 saturated carbocycles. The topological polar surface area (TPSA) is 62.7 Å². The van der Waals surface area contributed by atoms with Crippen LogP contribution >= 0.6 is 0 Å². The molecular formula is C20H23N5. The predicted octanol–water partition coefficient (Wildman–Crippen LogP) is 4.22. The maximum Gasteiger partial charge on any atom is 0.228 e. The highest BCUT2D eigenvalue weighted by Gasteiger charge is 2.09. The summed E-state index contributed by atoms with van der Waals surface area (Å²) >= 11 is 0. The highest BCUT2D eigenvalue weighted by Crippen LogP contribution is 2.15. The minimum Gasteiger partial charge on any atom is -0.350 e. The summed E-state index contributed by atoms with van der Waals surface area (Å²) in [6, 6.07) is 20.4. The van der Waals surface area contributed by atoms with Gasteiger partial charge in [0, 0.05) is 19.0 Å². The Labute approximate surface area is 148 Å². The van der Waals surface area contributed by atoms with E-state index in [-0.39, 0.29) is 5.92 Å². The molecule has 0 radical (unpaired) electrons. The van der Waals surface area contributed by atoms with E-state index in [2.05, 4.69) is 63.7 Å². The van der Waals surface area contributed by atoms with Crippen LogP contribution in [0.2, 0.25) is 0 Å². The molecule has 0 fully saturated rings. The molecule has 1 aromatic heterocycles. The molecule has 0 saturated heterocycles. The van der Waals surface area contributed by atoms with Crippen molar-refractivity contribution in [2.75, 3.05) is 10.6 Å². The molecule has 3 rings (SSSR count). The summed E-state index contributed by atoms with van der Waals surface area (Å²) in [6.45, 7) is 5.52. The summed E-state index contributed by atoms with van der Waals surface area (Å²) in [6.07, 6.45) is 0. The largest absolute Gasteiger partial charge is 0.350 e. The second-order valence-electron chi connectivity index (χ2n) is 6.17. The number of benzene rings is 2. The minimum absolute atomic E-state index is 0.234. The highest BCUT2D eigenvalue weighted by atomic mass is 15.2. The molecule has 3 aromatic rings. The third-order valence-electron chi connectivity index (χ3n) is 3.76. The van der Waals surface area contributed by atoms with Gasteiger partial charge in [0.25, 0.3) is 0 Å². The first-order valence-electron chi connectivity index (χ1n) is 8.52. The van der Waals surface area contributed by atoms with Crippen molar-refractivity contribution in [3.8, 4) is 0 Å². The minimum atomic E-state index is 0.234. The smallest absolute Gasteiger partial charge is 0.228 e. The molecule has 0 amide bonds. The Morgan fingerprint density at radius 1 is 0.680 bits per heavy atom. The monoisotopic (exact) mass is 333 g/mol.